The van der Waals surface area contributed by atoms with Crippen molar-refractivity contribution in [2.75, 3.05) is 20.8 Å². The number of thiazole rings is 1. The molecule has 3 aromatic heterocycles. The fourth-order valence-corrected chi connectivity index (χ4v) is 5.04. The van der Waals surface area contributed by atoms with Gasteiger partial charge in [-0.1, -0.05) is 25.2 Å². The van der Waals surface area contributed by atoms with E-state index in [-0.39, 0.29) is 19.2 Å². The van der Waals surface area contributed by atoms with Gasteiger partial charge in [0, 0.05) is 12.1 Å². The van der Waals surface area contributed by atoms with E-state index < -0.39 is 6.09 Å². The highest BCUT2D eigenvalue weighted by atomic mass is 32.1. The Morgan fingerprint density at radius 3 is 2.82 bits per heavy atom. The molecule has 2 N–H and O–H groups in total. The molecule has 0 unspecified atom stereocenters. The van der Waals surface area contributed by atoms with E-state index in [1.807, 2.05) is 6.07 Å². The van der Waals surface area contributed by atoms with Gasteiger partial charge in [-0.25, -0.2) is 14.8 Å². The van der Waals surface area contributed by atoms with E-state index in [1.54, 1.807) is 13.3 Å². The molecular formula is C23H26N6O4S. The molecule has 1 amide bonds. The van der Waals surface area contributed by atoms with Gasteiger partial charge in [0.2, 0.25) is 5.88 Å². The van der Waals surface area contributed by atoms with Crippen LogP contribution >= 0.6 is 11.3 Å². The topological polar surface area (TPSA) is 124 Å². The van der Waals surface area contributed by atoms with Crippen LogP contribution in [0, 0.1) is 12.3 Å². The van der Waals surface area contributed by atoms with Crippen LogP contribution in [0.15, 0.2) is 12.3 Å². The zero-order chi connectivity index (χ0) is 23.9. The minimum atomic E-state index is -0.580. The first-order valence-electron chi connectivity index (χ1n) is 11.0. The molecule has 3 aromatic rings. The van der Waals surface area contributed by atoms with Crippen molar-refractivity contribution in [3.63, 3.8) is 0 Å². The number of aromatic amines is 1. The molecule has 178 valence electrons. The molecule has 1 saturated carbocycles. The molecule has 1 aliphatic carbocycles. The van der Waals surface area contributed by atoms with E-state index in [1.165, 1.54) is 37.7 Å². The maximum atomic E-state index is 11.7. The summed E-state index contributed by atoms with van der Waals surface area (Å²) >= 11 is 1.52. The first-order chi connectivity index (χ1) is 16.6. The van der Waals surface area contributed by atoms with Crippen LogP contribution < -0.4 is 14.8 Å². The second-order valence-corrected chi connectivity index (χ2v) is 8.76. The molecule has 0 saturated heterocycles. The van der Waals surface area contributed by atoms with E-state index in [0.29, 0.717) is 17.4 Å². The van der Waals surface area contributed by atoms with Gasteiger partial charge in [-0.3, -0.25) is 5.10 Å². The molecule has 0 spiro atoms. The molecule has 34 heavy (non-hydrogen) atoms. The normalized spacial score (nSPS) is 13.8. The lowest BCUT2D eigenvalue weighted by Gasteiger charge is -2.20. The van der Waals surface area contributed by atoms with E-state index in [4.69, 9.17) is 25.6 Å². The summed E-state index contributed by atoms with van der Waals surface area (Å²) in [5.74, 6) is 3.02. The average molecular weight is 483 g/mol. The number of carbonyl (C=O) groups excluding carboxylic acids is 1. The number of terminal acetylenes is 1. The van der Waals surface area contributed by atoms with Gasteiger partial charge in [-0.15, -0.1) is 17.8 Å². The Morgan fingerprint density at radius 2 is 2.09 bits per heavy atom. The smallest absolute Gasteiger partial charge is 0.408 e. The quantitative estimate of drug-likeness (QED) is 0.463. The highest BCUT2D eigenvalue weighted by molar-refractivity contribution is 7.18. The number of hydrogen-bond acceptors (Lipinski definition) is 9. The molecule has 0 atom stereocenters. The predicted molar refractivity (Wildman–Crippen MR) is 127 cm³/mol. The van der Waals surface area contributed by atoms with Crippen LogP contribution in [0.25, 0.3) is 21.1 Å². The largest absolute Gasteiger partial charge is 0.480 e. The molecular weight excluding hydrogens is 456 g/mol. The molecule has 4 rings (SSSR count). The van der Waals surface area contributed by atoms with Gasteiger partial charge in [-0.05, 0) is 18.9 Å². The second kappa shape index (κ2) is 11.0. The van der Waals surface area contributed by atoms with Crippen LogP contribution in [0.3, 0.4) is 0 Å². The fourth-order valence-electron chi connectivity index (χ4n) is 3.93. The molecule has 0 radical (unpaired) electrons. The number of amides is 1. The number of carbonyl (C=O) groups is 1. The molecule has 11 heteroatoms. The highest BCUT2D eigenvalue weighted by Gasteiger charge is 2.26. The Morgan fingerprint density at radius 1 is 1.26 bits per heavy atom. The standard InChI is InChI=1S/C23H26N6O4S/c1-4-10-33-23(30)25-12-15-11-17(29-28-15)19-18(14-8-6-5-7-9-14)26-21(34-19)16-13-24-22(32-3)27-20(16)31-2/h1,11,13-14H,5-10,12H2,2-3H3,(H,25,30)(H,28,29). The van der Waals surface area contributed by atoms with Crippen molar-refractivity contribution in [1.82, 2.24) is 30.5 Å². The molecule has 1 aliphatic rings. The van der Waals surface area contributed by atoms with Crippen LogP contribution in [0.4, 0.5) is 4.79 Å². The van der Waals surface area contributed by atoms with Crippen molar-refractivity contribution < 1.29 is 19.0 Å². The van der Waals surface area contributed by atoms with Gasteiger partial charge in [0.15, 0.2) is 6.61 Å². The van der Waals surface area contributed by atoms with E-state index >= 15 is 0 Å². The third kappa shape index (κ3) is 5.28. The number of hydrogen-bond donors (Lipinski definition) is 2. The SMILES string of the molecule is C#CCOC(=O)NCc1cc(-c2sc(-c3cnc(OC)nc3OC)nc2C2CCCCC2)n[nH]1. The van der Waals surface area contributed by atoms with Gasteiger partial charge in [0.25, 0.3) is 0 Å². The Kier molecular flexibility index (Phi) is 7.59. The van der Waals surface area contributed by atoms with Crippen LogP contribution in [-0.4, -0.2) is 52.1 Å². The Labute approximate surface area is 201 Å². The lowest BCUT2D eigenvalue weighted by molar-refractivity contribution is 0.159. The van der Waals surface area contributed by atoms with E-state index in [0.717, 1.165) is 39.8 Å². The number of aromatic nitrogens is 5. The molecule has 3 heterocycles. The zero-order valence-electron chi connectivity index (χ0n) is 19.1. The fraction of sp³-hybridized carbons (Fsp3) is 0.435. The molecule has 0 aliphatic heterocycles. The lowest BCUT2D eigenvalue weighted by atomic mass is 9.86. The highest BCUT2D eigenvalue weighted by Crippen LogP contribution is 2.44. The maximum absolute atomic E-state index is 11.7. The number of rotatable bonds is 8. The number of H-pyrrole nitrogens is 1. The second-order valence-electron chi connectivity index (χ2n) is 7.76. The number of nitrogens with zero attached hydrogens (tertiary/aromatic N) is 4. The van der Waals surface area contributed by atoms with Gasteiger partial charge < -0.3 is 19.5 Å². The molecule has 0 bridgehead atoms. The minimum Gasteiger partial charge on any atom is -0.480 e. The van der Waals surface area contributed by atoms with Crippen LogP contribution in [-0.2, 0) is 11.3 Å². The summed E-state index contributed by atoms with van der Waals surface area (Å²) in [6.07, 6.45) is 12.0. The number of nitrogens with one attached hydrogen (secondary N) is 2. The third-order valence-corrected chi connectivity index (χ3v) is 6.68. The monoisotopic (exact) mass is 482 g/mol. The Hall–Kier alpha value is -3.65. The van der Waals surface area contributed by atoms with Gasteiger partial charge >= 0.3 is 12.1 Å². The van der Waals surface area contributed by atoms with Crippen molar-refractivity contribution in [2.45, 2.75) is 44.6 Å². The number of ether oxygens (including phenoxy) is 3. The van der Waals surface area contributed by atoms with Crippen LogP contribution in [0.2, 0.25) is 0 Å². The summed E-state index contributed by atoms with van der Waals surface area (Å²) in [5, 5.41) is 10.9. The van der Waals surface area contributed by atoms with Crippen LogP contribution in [0.1, 0.15) is 49.4 Å². The van der Waals surface area contributed by atoms with Crippen molar-refractivity contribution in [3.8, 4) is 45.4 Å². The first kappa shape index (κ1) is 23.5. The van der Waals surface area contributed by atoms with Crippen molar-refractivity contribution in [1.29, 1.82) is 0 Å². The minimum absolute atomic E-state index is 0.0764. The van der Waals surface area contributed by atoms with Crippen molar-refractivity contribution >= 4 is 17.4 Å². The molecule has 10 nitrogen and oxygen atoms in total. The Balaban J connectivity index is 1.64. The van der Waals surface area contributed by atoms with Gasteiger partial charge in [-0.2, -0.15) is 10.1 Å². The van der Waals surface area contributed by atoms with Gasteiger partial charge in [0.05, 0.1) is 42.6 Å². The number of methoxy groups -OCH3 is 2. The first-order valence-corrected chi connectivity index (χ1v) is 11.8. The van der Waals surface area contributed by atoms with E-state index in [9.17, 15) is 4.79 Å². The van der Waals surface area contributed by atoms with Crippen LogP contribution in [0.5, 0.6) is 11.9 Å². The zero-order valence-corrected chi connectivity index (χ0v) is 19.9. The summed E-state index contributed by atoms with van der Waals surface area (Å²) in [6.45, 7) is 0.161. The van der Waals surface area contributed by atoms with Crippen molar-refractivity contribution in [2.24, 2.45) is 0 Å². The average Bonchev–Trinajstić information content (AvgIpc) is 3.53. The predicted octanol–water partition coefficient (Wildman–Crippen LogP) is 3.91. The Bertz CT molecular complexity index is 1180. The summed E-state index contributed by atoms with van der Waals surface area (Å²) in [7, 11) is 3.07. The van der Waals surface area contributed by atoms with Crippen molar-refractivity contribution in [3.05, 3.63) is 23.7 Å². The summed E-state index contributed by atoms with van der Waals surface area (Å²) in [4.78, 5) is 26.2. The molecule has 0 aromatic carbocycles. The summed E-state index contributed by atoms with van der Waals surface area (Å²) in [6, 6.07) is 2.14. The summed E-state index contributed by atoms with van der Waals surface area (Å²) in [5.41, 5.74) is 3.23. The van der Waals surface area contributed by atoms with E-state index in [2.05, 4.69) is 31.4 Å². The maximum Gasteiger partial charge on any atom is 0.408 e. The van der Waals surface area contributed by atoms with Gasteiger partial charge in [0.1, 0.15) is 10.7 Å². The third-order valence-electron chi connectivity index (χ3n) is 5.56. The summed E-state index contributed by atoms with van der Waals surface area (Å²) < 4.78 is 15.4. The number of alkyl carbamates (subject to hydrolysis) is 1. The lowest BCUT2D eigenvalue weighted by Crippen LogP contribution is -2.24. The molecule has 1 fully saturated rings.